The van der Waals surface area contributed by atoms with Gasteiger partial charge in [-0.25, -0.2) is 4.98 Å². The third-order valence-corrected chi connectivity index (χ3v) is 5.94. The van der Waals surface area contributed by atoms with Gasteiger partial charge in [-0.1, -0.05) is 35.3 Å². The molecule has 0 aliphatic carbocycles. The van der Waals surface area contributed by atoms with Gasteiger partial charge >= 0.3 is 0 Å². The van der Waals surface area contributed by atoms with Crippen molar-refractivity contribution in [3.63, 3.8) is 0 Å². The molecule has 10 heteroatoms. The minimum Gasteiger partial charge on any atom is -0.495 e. The lowest BCUT2D eigenvalue weighted by atomic mass is 10.0. The van der Waals surface area contributed by atoms with Crippen molar-refractivity contribution in [2.24, 2.45) is 0 Å². The van der Waals surface area contributed by atoms with Crippen molar-refractivity contribution < 1.29 is 9.47 Å². The molecule has 0 fully saturated rings. The number of fused-ring (bicyclic) bond motifs is 1. The minimum absolute atomic E-state index is 0.197. The lowest BCUT2D eigenvalue weighted by molar-refractivity contribution is 0.395. The summed E-state index contributed by atoms with van der Waals surface area (Å²) >= 11 is 13.2. The molecule has 2 aromatic heterocycles. The Bertz CT molecular complexity index is 1390. The second kappa shape index (κ2) is 9.17. The van der Waals surface area contributed by atoms with Gasteiger partial charge in [0.2, 0.25) is 5.95 Å². The van der Waals surface area contributed by atoms with Crippen LogP contribution in [0.4, 0.5) is 11.6 Å². The Morgan fingerprint density at radius 2 is 1.79 bits per heavy atom. The maximum atomic E-state index is 13.8. The molecule has 33 heavy (non-hydrogen) atoms. The number of halogens is 2. The van der Waals surface area contributed by atoms with Crippen molar-refractivity contribution in [2.75, 3.05) is 32.3 Å². The number of rotatable bonds is 6. The van der Waals surface area contributed by atoms with Crippen molar-refractivity contribution >= 4 is 45.9 Å². The normalized spacial score (nSPS) is 10.9. The molecule has 0 atom stereocenters. The van der Waals surface area contributed by atoms with Crippen molar-refractivity contribution in [1.82, 2.24) is 14.5 Å². The molecular formula is C23H21Cl2N5O3. The molecule has 0 saturated carbocycles. The number of pyridine rings is 1. The standard InChI is InChI=1S/C23H21Cl2N5O3/c1-27-23-28-10-13-8-15(18-19(24)16(32-2)9-17(33-3)20(18)25)22(31)30(21(13)29-23)11-12-5-4-6-14(26)7-12/h4-10H,11,26H2,1-3H3,(H,27,28,29). The number of nitrogens with zero attached hydrogens (tertiary/aromatic N) is 3. The maximum Gasteiger partial charge on any atom is 0.260 e. The summed E-state index contributed by atoms with van der Waals surface area (Å²) < 4.78 is 12.3. The number of ether oxygens (including phenoxy) is 2. The third-order valence-electron chi connectivity index (χ3n) is 5.19. The number of aromatic nitrogens is 3. The van der Waals surface area contributed by atoms with Gasteiger partial charge < -0.3 is 20.5 Å². The van der Waals surface area contributed by atoms with Crippen LogP contribution >= 0.6 is 23.2 Å². The summed E-state index contributed by atoms with van der Waals surface area (Å²) in [5.74, 6) is 1.04. The number of nitrogens with two attached hydrogens (primary N) is 1. The molecule has 0 saturated heterocycles. The summed E-state index contributed by atoms with van der Waals surface area (Å²) in [5, 5.41) is 3.92. The summed E-state index contributed by atoms with van der Waals surface area (Å²) in [7, 11) is 4.66. The average Bonchev–Trinajstić information content (AvgIpc) is 2.81. The van der Waals surface area contributed by atoms with E-state index >= 15 is 0 Å². The van der Waals surface area contributed by atoms with Crippen LogP contribution in [0.2, 0.25) is 10.0 Å². The molecule has 0 bridgehead atoms. The summed E-state index contributed by atoms with van der Waals surface area (Å²) in [5.41, 5.74) is 8.05. The zero-order valence-corrected chi connectivity index (χ0v) is 19.7. The fourth-order valence-electron chi connectivity index (χ4n) is 3.60. The molecule has 0 spiro atoms. The highest BCUT2D eigenvalue weighted by molar-refractivity contribution is 6.41. The van der Waals surface area contributed by atoms with Crippen molar-refractivity contribution in [3.8, 4) is 22.6 Å². The molecule has 170 valence electrons. The van der Waals surface area contributed by atoms with Gasteiger partial charge in [-0.3, -0.25) is 9.36 Å². The van der Waals surface area contributed by atoms with Crippen LogP contribution in [0.25, 0.3) is 22.2 Å². The highest BCUT2D eigenvalue weighted by atomic mass is 35.5. The monoisotopic (exact) mass is 485 g/mol. The molecule has 8 nitrogen and oxygen atoms in total. The van der Waals surface area contributed by atoms with Crippen LogP contribution in [0.5, 0.6) is 11.5 Å². The van der Waals surface area contributed by atoms with Crippen molar-refractivity contribution in [1.29, 1.82) is 0 Å². The van der Waals surface area contributed by atoms with Gasteiger partial charge in [-0.2, -0.15) is 4.98 Å². The number of hydrogen-bond donors (Lipinski definition) is 2. The van der Waals surface area contributed by atoms with E-state index in [2.05, 4.69) is 15.3 Å². The first-order valence-corrected chi connectivity index (χ1v) is 10.7. The molecule has 0 aliphatic heterocycles. The van der Waals surface area contributed by atoms with E-state index in [1.165, 1.54) is 14.2 Å². The average molecular weight is 486 g/mol. The molecule has 0 aliphatic rings. The van der Waals surface area contributed by atoms with E-state index in [1.54, 1.807) is 42.1 Å². The highest BCUT2D eigenvalue weighted by Crippen LogP contribution is 2.45. The lowest BCUT2D eigenvalue weighted by Gasteiger charge is -2.17. The van der Waals surface area contributed by atoms with Crippen LogP contribution in [0.3, 0.4) is 0 Å². The van der Waals surface area contributed by atoms with Gasteiger partial charge in [0.25, 0.3) is 5.56 Å². The second-order valence-electron chi connectivity index (χ2n) is 7.20. The number of nitrogens with one attached hydrogen (secondary N) is 1. The SMILES string of the molecule is CNc1ncc2cc(-c3c(Cl)c(OC)cc(OC)c3Cl)c(=O)n(Cc3cccc(N)c3)c2n1. The van der Waals surface area contributed by atoms with Crippen LogP contribution < -0.4 is 26.1 Å². The van der Waals surface area contributed by atoms with Gasteiger partial charge in [0.05, 0.1) is 36.4 Å². The summed E-state index contributed by atoms with van der Waals surface area (Å²) in [6.07, 6.45) is 1.63. The summed E-state index contributed by atoms with van der Waals surface area (Å²) in [6, 6.07) is 10.5. The van der Waals surface area contributed by atoms with Crippen LogP contribution in [0.15, 0.2) is 47.4 Å². The Morgan fingerprint density at radius 3 is 2.39 bits per heavy atom. The van der Waals surface area contributed by atoms with Crippen molar-refractivity contribution in [2.45, 2.75) is 6.54 Å². The number of benzene rings is 2. The van der Waals surface area contributed by atoms with E-state index in [-0.39, 0.29) is 27.7 Å². The quantitative estimate of drug-likeness (QED) is 0.388. The molecule has 4 aromatic rings. The Kier molecular flexibility index (Phi) is 6.31. The van der Waals surface area contributed by atoms with E-state index in [4.69, 9.17) is 38.4 Å². The predicted octanol–water partition coefficient (Wildman–Crippen LogP) is 4.45. The molecule has 3 N–H and O–H groups in total. The molecule has 2 heterocycles. The topological polar surface area (TPSA) is 104 Å². The van der Waals surface area contributed by atoms with Gasteiger partial charge in [-0.05, 0) is 23.8 Å². The van der Waals surface area contributed by atoms with Crippen LogP contribution in [-0.2, 0) is 6.54 Å². The smallest absolute Gasteiger partial charge is 0.260 e. The Labute approximate surface area is 199 Å². The van der Waals surface area contributed by atoms with E-state index in [1.807, 2.05) is 12.1 Å². The molecule has 0 unspecified atom stereocenters. The van der Waals surface area contributed by atoms with E-state index < -0.39 is 0 Å². The zero-order chi connectivity index (χ0) is 23.7. The van der Waals surface area contributed by atoms with Crippen molar-refractivity contribution in [3.05, 3.63) is 68.6 Å². The molecular weight excluding hydrogens is 465 g/mol. The number of anilines is 2. The number of hydrogen-bond acceptors (Lipinski definition) is 7. The van der Waals surface area contributed by atoms with E-state index in [0.29, 0.717) is 39.7 Å². The fourth-order valence-corrected chi connectivity index (χ4v) is 4.31. The minimum atomic E-state index is -0.343. The zero-order valence-electron chi connectivity index (χ0n) is 18.1. The van der Waals surface area contributed by atoms with Gasteiger partial charge in [-0.15, -0.1) is 0 Å². The largest absolute Gasteiger partial charge is 0.495 e. The van der Waals surface area contributed by atoms with Gasteiger partial charge in [0.1, 0.15) is 17.1 Å². The fraction of sp³-hybridized carbons (Fsp3) is 0.174. The first kappa shape index (κ1) is 22.7. The van der Waals surface area contributed by atoms with E-state index in [0.717, 1.165) is 5.56 Å². The van der Waals surface area contributed by atoms with Crippen LogP contribution in [0, 0.1) is 0 Å². The maximum absolute atomic E-state index is 13.8. The Morgan fingerprint density at radius 1 is 1.09 bits per heavy atom. The number of methoxy groups -OCH3 is 2. The molecule has 0 radical (unpaired) electrons. The molecule has 2 aromatic carbocycles. The third kappa shape index (κ3) is 4.15. The predicted molar refractivity (Wildman–Crippen MR) is 132 cm³/mol. The summed E-state index contributed by atoms with van der Waals surface area (Å²) in [6.45, 7) is 0.227. The van der Waals surface area contributed by atoms with Crippen LogP contribution in [0.1, 0.15) is 5.56 Å². The lowest BCUT2D eigenvalue weighted by Crippen LogP contribution is -2.24. The molecule has 0 amide bonds. The van der Waals surface area contributed by atoms with Gasteiger partial charge in [0, 0.05) is 35.9 Å². The second-order valence-corrected chi connectivity index (χ2v) is 7.96. The highest BCUT2D eigenvalue weighted by Gasteiger charge is 2.23. The van der Waals surface area contributed by atoms with Crippen LogP contribution in [-0.4, -0.2) is 35.8 Å². The Hall–Kier alpha value is -3.49. The Balaban J connectivity index is 2.06. The molecule has 4 rings (SSSR count). The van der Waals surface area contributed by atoms with E-state index in [9.17, 15) is 4.79 Å². The summed E-state index contributed by atoms with van der Waals surface area (Å²) in [4.78, 5) is 22.6. The first-order chi connectivity index (χ1) is 15.9. The number of nitrogen functional groups attached to an aromatic ring is 1. The first-order valence-electron chi connectivity index (χ1n) is 9.91. The van der Waals surface area contributed by atoms with Gasteiger partial charge in [0.15, 0.2) is 0 Å².